The molecule has 0 atom stereocenters. The minimum absolute atomic E-state index is 0.339. The van der Waals surface area contributed by atoms with Gasteiger partial charge in [-0.3, -0.25) is 0 Å². The molecule has 2 rings (SSSR count). The van der Waals surface area contributed by atoms with Gasteiger partial charge in [0, 0.05) is 32.4 Å². The molecule has 0 bridgehead atoms. The Bertz CT molecular complexity index is 717. The summed E-state index contributed by atoms with van der Waals surface area (Å²) in [5, 5.41) is 4.44. The molecule has 2 aromatic rings. The first-order valence-corrected chi connectivity index (χ1v) is 8.89. The van der Waals surface area contributed by atoms with Crippen LogP contribution in [0.25, 0.3) is 0 Å². The van der Waals surface area contributed by atoms with E-state index < -0.39 is 0 Å². The Morgan fingerprint density at radius 1 is 1.22 bits per heavy atom. The summed E-state index contributed by atoms with van der Waals surface area (Å²) in [4.78, 5) is 6.07. The van der Waals surface area contributed by atoms with Gasteiger partial charge in [0.2, 0.25) is 0 Å². The Hall–Kier alpha value is -0.950. The molecule has 2 aromatic carbocycles. The van der Waals surface area contributed by atoms with Gasteiger partial charge in [0.1, 0.15) is 6.67 Å². The number of nitrogens with one attached hydrogen (secondary N) is 1. The largest absolute Gasteiger partial charge is 0.369 e. The lowest BCUT2D eigenvalue weighted by Crippen LogP contribution is -2.34. The van der Waals surface area contributed by atoms with E-state index in [0.717, 1.165) is 20.3 Å². The third-order valence-electron chi connectivity index (χ3n) is 3.02. The van der Waals surface area contributed by atoms with Crippen molar-refractivity contribution in [3.05, 3.63) is 55.4 Å². The van der Waals surface area contributed by atoms with Crippen molar-refractivity contribution in [1.29, 1.82) is 0 Å². The van der Waals surface area contributed by atoms with Crippen LogP contribution in [0, 0.1) is 0 Å². The number of anilines is 2. The van der Waals surface area contributed by atoms with Gasteiger partial charge in [-0.1, -0.05) is 39.1 Å². The fraction of sp³-hybridized carbons (Fsp3) is 0.133. The molecule has 122 valence electrons. The normalized spacial score (nSPS) is 11.4. The number of benzene rings is 2. The molecular weight excluding hydrogens is 467 g/mol. The molecule has 4 nitrogen and oxygen atoms in total. The highest BCUT2D eigenvalue weighted by molar-refractivity contribution is 9.10. The van der Waals surface area contributed by atoms with Crippen LogP contribution in [0.5, 0.6) is 0 Å². The maximum absolute atomic E-state index is 6.05. The Morgan fingerprint density at radius 3 is 2.61 bits per heavy atom. The van der Waals surface area contributed by atoms with E-state index >= 15 is 0 Å². The van der Waals surface area contributed by atoms with Crippen LogP contribution in [0.1, 0.15) is 0 Å². The van der Waals surface area contributed by atoms with Crippen molar-refractivity contribution in [1.82, 2.24) is 0 Å². The van der Waals surface area contributed by atoms with Gasteiger partial charge in [0.25, 0.3) is 0 Å². The predicted molar refractivity (Wildman–Crippen MR) is 107 cm³/mol. The number of rotatable bonds is 4. The number of nitrogens with zero attached hydrogens (tertiary/aromatic N) is 2. The van der Waals surface area contributed by atoms with Gasteiger partial charge in [0.05, 0.1) is 5.02 Å². The zero-order valence-electron chi connectivity index (χ0n) is 12.2. The summed E-state index contributed by atoms with van der Waals surface area (Å²) in [6.45, 7) is 0.339. The van der Waals surface area contributed by atoms with Crippen molar-refractivity contribution in [2.24, 2.45) is 10.7 Å². The van der Waals surface area contributed by atoms with E-state index in [4.69, 9.17) is 28.9 Å². The standard InChI is InChI=1S/C15H14Br2Cl2N4/c1-23(12-5-9(16)4-10(18)6-12)15(20)22-8-21-11-2-3-14(19)13(17)7-11/h2-7,21H,8H2,1H3,(H2,20,22). The summed E-state index contributed by atoms with van der Waals surface area (Å²) in [5.74, 6) is 0.375. The number of aliphatic imine (C=N–C) groups is 1. The summed E-state index contributed by atoms with van der Waals surface area (Å²) < 4.78 is 1.70. The van der Waals surface area contributed by atoms with Crippen molar-refractivity contribution in [2.45, 2.75) is 0 Å². The SMILES string of the molecule is CN(C(N)=NCNc1ccc(Cl)c(Br)c1)c1cc(Cl)cc(Br)c1. The number of hydrogen-bond acceptors (Lipinski definition) is 2. The van der Waals surface area contributed by atoms with Gasteiger partial charge < -0.3 is 16.0 Å². The molecule has 23 heavy (non-hydrogen) atoms. The van der Waals surface area contributed by atoms with Crippen LogP contribution in [0.3, 0.4) is 0 Å². The molecule has 0 radical (unpaired) electrons. The highest BCUT2D eigenvalue weighted by Gasteiger charge is 2.07. The quantitative estimate of drug-likeness (QED) is 0.459. The molecule has 3 N–H and O–H groups in total. The molecule has 0 unspecified atom stereocenters. The summed E-state index contributed by atoms with van der Waals surface area (Å²) in [7, 11) is 1.83. The summed E-state index contributed by atoms with van der Waals surface area (Å²) in [6, 6.07) is 11.1. The third-order valence-corrected chi connectivity index (χ3v) is 4.91. The molecule has 0 aromatic heterocycles. The molecule has 0 spiro atoms. The highest BCUT2D eigenvalue weighted by Crippen LogP contribution is 2.26. The van der Waals surface area contributed by atoms with Gasteiger partial charge in [-0.2, -0.15) is 0 Å². The van der Waals surface area contributed by atoms with Crippen LogP contribution in [-0.4, -0.2) is 19.7 Å². The highest BCUT2D eigenvalue weighted by atomic mass is 79.9. The van der Waals surface area contributed by atoms with Crippen LogP contribution in [0.2, 0.25) is 10.0 Å². The second kappa shape index (κ2) is 8.24. The zero-order chi connectivity index (χ0) is 17.0. The van der Waals surface area contributed by atoms with Crippen molar-refractivity contribution < 1.29 is 0 Å². The fourth-order valence-corrected chi connectivity index (χ4v) is 3.13. The lowest BCUT2D eigenvalue weighted by Gasteiger charge is -2.19. The average Bonchev–Trinajstić information content (AvgIpc) is 2.49. The molecule has 0 aliphatic heterocycles. The lowest BCUT2D eigenvalue weighted by molar-refractivity contribution is 1.09. The summed E-state index contributed by atoms with van der Waals surface area (Å²) in [6.07, 6.45) is 0. The number of halogens is 4. The van der Waals surface area contributed by atoms with E-state index in [1.165, 1.54) is 0 Å². The molecule has 0 saturated carbocycles. The van der Waals surface area contributed by atoms with Crippen LogP contribution in [0.4, 0.5) is 11.4 Å². The van der Waals surface area contributed by atoms with E-state index in [9.17, 15) is 0 Å². The Morgan fingerprint density at radius 2 is 1.96 bits per heavy atom. The summed E-state index contributed by atoms with van der Waals surface area (Å²) >= 11 is 18.8. The first-order chi connectivity index (χ1) is 10.9. The monoisotopic (exact) mass is 478 g/mol. The van der Waals surface area contributed by atoms with E-state index in [1.807, 2.05) is 37.4 Å². The molecule has 0 amide bonds. The Balaban J connectivity index is 2.02. The van der Waals surface area contributed by atoms with Gasteiger partial charge >= 0.3 is 0 Å². The maximum atomic E-state index is 6.05. The molecular formula is C15H14Br2Cl2N4. The van der Waals surface area contributed by atoms with E-state index in [-0.39, 0.29) is 0 Å². The first kappa shape index (κ1) is 18.4. The molecule has 0 aliphatic rings. The van der Waals surface area contributed by atoms with Gasteiger partial charge in [-0.15, -0.1) is 0 Å². The van der Waals surface area contributed by atoms with Crippen molar-refractivity contribution in [3.8, 4) is 0 Å². The number of hydrogen-bond donors (Lipinski definition) is 2. The molecule has 0 fully saturated rings. The van der Waals surface area contributed by atoms with Crippen molar-refractivity contribution in [2.75, 3.05) is 23.9 Å². The van der Waals surface area contributed by atoms with Crippen LogP contribution in [0.15, 0.2) is 50.3 Å². The second-order valence-corrected chi connectivity index (χ2v) is 7.28. The average molecular weight is 481 g/mol. The van der Waals surface area contributed by atoms with Gasteiger partial charge in [-0.05, 0) is 52.3 Å². The number of nitrogens with two attached hydrogens (primary N) is 1. The molecule has 8 heteroatoms. The van der Waals surface area contributed by atoms with Crippen LogP contribution < -0.4 is 16.0 Å². The topological polar surface area (TPSA) is 53.6 Å². The van der Waals surface area contributed by atoms with E-state index in [1.54, 1.807) is 11.0 Å². The second-order valence-electron chi connectivity index (χ2n) is 4.67. The predicted octanol–water partition coefficient (Wildman–Crippen LogP) is 5.34. The fourth-order valence-electron chi connectivity index (χ4n) is 1.79. The zero-order valence-corrected chi connectivity index (χ0v) is 16.8. The van der Waals surface area contributed by atoms with Crippen LogP contribution >= 0.6 is 55.1 Å². The minimum atomic E-state index is 0.339. The minimum Gasteiger partial charge on any atom is -0.369 e. The van der Waals surface area contributed by atoms with Crippen LogP contribution in [-0.2, 0) is 0 Å². The Labute approximate surface area is 161 Å². The number of guanidine groups is 1. The smallest absolute Gasteiger partial charge is 0.197 e. The van der Waals surface area contributed by atoms with E-state index in [0.29, 0.717) is 22.7 Å². The molecule has 0 heterocycles. The van der Waals surface area contributed by atoms with Crippen molar-refractivity contribution >= 4 is 72.4 Å². The van der Waals surface area contributed by atoms with Gasteiger partial charge in [0.15, 0.2) is 5.96 Å². The van der Waals surface area contributed by atoms with Crippen molar-refractivity contribution in [3.63, 3.8) is 0 Å². The molecule has 0 saturated heterocycles. The van der Waals surface area contributed by atoms with Gasteiger partial charge in [-0.25, -0.2) is 4.99 Å². The van der Waals surface area contributed by atoms with E-state index in [2.05, 4.69) is 42.2 Å². The first-order valence-electron chi connectivity index (χ1n) is 6.55. The maximum Gasteiger partial charge on any atom is 0.197 e. The Kier molecular flexibility index (Phi) is 6.59. The third kappa shape index (κ3) is 5.28. The molecule has 0 aliphatic carbocycles. The lowest BCUT2D eigenvalue weighted by atomic mass is 10.3. The summed E-state index contributed by atoms with van der Waals surface area (Å²) in [5.41, 5.74) is 7.76.